The molecule has 0 radical (unpaired) electrons. The number of nitrogens with zero attached hydrogens (tertiary/aromatic N) is 5. The lowest BCUT2D eigenvalue weighted by Gasteiger charge is -2.23. The molecule has 3 aromatic heterocycles. The minimum atomic E-state index is -0.0776. The summed E-state index contributed by atoms with van der Waals surface area (Å²) in [7, 11) is 0. The van der Waals surface area contributed by atoms with Crippen LogP contribution in [0.15, 0.2) is 30.7 Å². The number of pyridine rings is 2. The van der Waals surface area contributed by atoms with Crippen LogP contribution in [0.5, 0.6) is 0 Å². The van der Waals surface area contributed by atoms with Gasteiger partial charge >= 0.3 is 0 Å². The average Bonchev–Trinajstić information content (AvgIpc) is 3.55. The fraction of sp³-hybridized carbons (Fsp3) is 0.480. The summed E-state index contributed by atoms with van der Waals surface area (Å²) >= 11 is 0. The first-order valence-corrected chi connectivity index (χ1v) is 11.9. The van der Waals surface area contributed by atoms with Crippen molar-refractivity contribution in [2.45, 2.75) is 77.3 Å². The smallest absolute Gasteiger partial charge is 0.255 e. The highest BCUT2D eigenvalue weighted by Gasteiger charge is 2.25. The van der Waals surface area contributed by atoms with Gasteiger partial charge in [-0.3, -0.25) is 4.79 Å². The third-order valence-corrected chi connectivity index (χ3v) is 5.77. The third kappa shape index (κ3) is 5.48. The van der Waals surface area contributed by atoms with Gasteiger partial charge in [-0.2, -0.15) is 15.0 Å². The normalized spacial score (nSPS) is 15.9. The van der Waals surface area contributed by atoms with Gasteiger partial charge in [-0.1, -0.05) is 39.5 Å². The highest BCUT2D eigenvalue weighted by Crippen LogP contribution is 2.29. The van der Waals surface area contributed by atoms with Crippen LogP contribution in [-0.4, -0.2) is 37.7 Å². The van der Waals surface area contributed by atoms with Crippen molar-refractivity contribution < 1.29 is 4.79 Å². The Kier molecular flexibility index (Phi) is 7.18. The van der Waals surface area contributed by atoms with E-state index in [1.807, 2.05) is 6.07 Å². The van der Waals surface area contributed by atoms with Crippen molar-refractivity contribution in [2.24, 2.45) is 0 Å². The van der Waals surface area contributed by atoms with Crippen LogP contribution in [0.25, 0.3) is 16.9 Å². The van der Waals surface area contributed by atoms with Gasteiger partial charge in [0.1, 0.15) is 6.07 Å². The minimum absolute atomic E-state index is 0.0776. The molecule has 8 heteroatoms. The molecule has 2 N–H and O–H groups in total. The van der Waals surface area contributed by atoms with Crippen molar-refractivity contribution in [3.8, 4) is 11.9 Å². The van der Waals surface area contributed by atoms with Crippen molar-refractivity contribution in [1.82, 2.24) is 25.1 Å². The van der Waals surface area contributed by atoms with E-state index in [4.69, 9.17) is 5.26 Å². The Hall–Kier alpha value is -3.47. The number of hydrogen-bond donors (Lipinski definition) is 2. The van der Waals surface area contributed by atoms with Gasteiger partial charge in [0, 0.05) is 35.9 Å². The lowest BCUT2D eigenvalue weighted by Crippen LogP contribution is -2.36. The maximum Gasteiger partial charge on any atom is 0.255 e. The van der Waals surface area contributed by atoms with Gasteiger partial charge in [-0.25, -0.2) is 9.97 Å². The molecule has 8 nitrogen and oxygen atoms in total. The van der Waals surface area contributed by atoms with E-state index in [2.05, 4.69) is 45.6 Å². The maximum absolute atomic E-state index is 13.0. The monoisotopic (exact) mass is 445 g/mol. The van der Waals surface area contributed by atoms with E-state index >= 15 is 0 Å². The molecule has 1 amide bonds. The van der Waals surface area contributed by atoms with Crippen LogP contribution in [0.1, 0.15) is 81.1 Å². The van der Waals surface area contributed by atoms with Crippen LogP contribution in [0.2, 0.25) is 0 Å². The SMILES string of the molecule is CCC.N#Cc1cnc2c(cnn2-c2cc(NC3CC3)c(C(=O)NC3CCCCC3)cn2)c1. The molecule has 2 aliphatic rings. The van der Waals surface area contributed by atoms with Gasteiger partial charge in [-0.15, -0.1) is 0 Å². The zero-order valence-corrected chi connectivity index (χ0v) is 19.3. The maximum atomic E-state index is 13.0. The zero-order chi connectivity index (χ0) is 23.2. The van der Waals surface area contributed by atoms with E-state index in [9.17, 15) is 4.79 Å². The summed E-state index contributed by atoms with van der Waals surface area (Å²) in [6, 6.07) is 6.34. The molecule has 172 valence electrons. The van der Waals surface area contributed by atoms with Crippen LogP contribution in [0.4, 0.5) is 5.69 Å². The molecule has 0 saturated heterocycles. The minimum Gasteiger partial charge on any atom is -0.382 e. The van der Waals surface area contributed by atoms with Crippen molar-refractivity contribution in [1.29, 1.82) is 5.26 Å². The molecular formula is C25H31N7O. The summed E-state index contributed by atoms with van der Waals surface area (Å²) in [5.74, 6) is 0.505. The molecule has 0 atom stereocenters. The lowest BCUT2D eigenvalue weighted by atomic mass is 9.95. The van der Waals surface area contributed by atoms with Crippen molar-refractivity contribution in [3.05, 3.63) is 41.9 Å². The van der Waals surface area contributed by atoms with E-state index in [1.165, 1.54) is 31.9 Å². The Morgan fingerprint density at radius 2 is 1.82 bits per heavy atom. The molecule has 33 heavy (non-hydrogen) atoms. The summed E-state index contributed by atoms with van der Waals surface area (Å²) in [5, 5.41) is 20.9. The number of nitriles is 1. The predicted molar refractivity (Wildman–Crippen MR) is 128 cm³/mol. The fourth-order valence-corrected chi connectivity index (χ4v) is 3.97. The summed E-state index contributed by atoms with van der Waals surface area (Å²) < 4.78 is 1.64. The number of carbonyl (C=O) groups is 1. The molecule has 0 aliphatic heterocycles. The van der Waals surface area contributed by atoms with Crippen LogP contribution in [-0.2, 0) is 0 Å². The number of aromatic nitrogens is 4. The lowest BCUT2D eigenvalue weighted by molar-refractivity contribution is 0.0928. The van der Waals surface area contributed by atoms with E-state index in [0.717, 1.165) is 36.8 Å². The van der Waals surface area contributed by atoms with Crippen LogP contribution < -0.4 is 10.6 Å². The second-order valence-corrected chi connectivity index (χ2v) is 8.83. The average molecular weight is 446 g/mol. The molecule has 0 bridgehead atoms. The van der Waals surface area contributed by atoms with Crippen molar-refractivity contribution in [3.63, 3.8) is 0 Å². The molecule has 0 unspecified atom stereocenters. The molecule has 2 aliphatic carbocycles. The Labute approximate surface area is 194 Å². The van der Waals surface area contributed by atoms with E-state index < -0.39 is 0 Å². The summed E-state index contributed by atoms with van der Waals surface area (Å²) in [6.45, 7) is 4.25. The van der Waals surface area contributed by atoms with Gasteiger partial charge < -0.3 is 10.6 Å². The first-order chi connectivity index (χ1) is 16.1. The number of amides is 1. The highest BCUT2D eigenvalue weighted by molar-refractivity contribution is 6.00. The second kappa shape index (κ2) is 10.4. The molecular weight excluding hydrogens is 414 g/mol. The summed E-state index contributed by atoms with van der Waals surface area (Å²) in [4.78, 5) is 21.8. The Balaban J connectivity index is 0.000000821. The number of nitrogens with one attached hydrogen (secondary N) is 2. The molecule has 5 rings (SSSR count). The largest absolute Gasteiger partial charge is 0.382 e. The van der Waals surface area contributed by atoms with Gasteiger partial charge in [0.05, 0.1) is 23.0 Å². The van der Waals surface area contributed by atoms with Crippen LogP contribution in [0.3, 0.4) is 0 Å². The molecule has 3 heterocycles. The van der Waals surface area contributed by atoms with Gasteiger partial charge in [-0.05, 0) is 31.7 Å². The van der Waals surface area contributed by atoms with E-state index in [0.29, 0.717) is 28.6 Å². The van der Waals surface area contributed by atoms with Crippen molar-refractivity contribution in [2.75, 3.05) is 5.32 Å². The molecule has 0 aromatic carbocycles. The molecule has 2 fully saturated rings. The third-order valence-electron chi connectivity index (χ3n) is 5.77. The Morgan fingerprint density at radius 1 is 1.06 bits per heavy atom. The first kappa shape index (κ1) is 22.7. The number of anilines is 1. The summed E-state index contributed by atoms with van der Waals surface area (Å²) in [6.07, 6.45) is 13.9. The Bertz CT molecular complexity index is 1150. The van der Waals surface area contributed by atoms with Gasteiger partial charge in [0.15, 0.2) is 11.5 Å². The fourth-order valence-electron chi connectivity index (χ4n) is 3.97. The number of carbonyl (C=O) groups excluding carboxylic acids is 1. The van der Waals surface area contributed by atoms with Crippen molar-refractivity contribution >= 4 is 22.6 Å². The zero-order valence-electron chi connectivity index (χ0n) is 19.3. The topological polar surface area (TPSA) is 109 Å². The molecule has 3 aromatic rings. The van der Waals surface area contributed by atoms with Crippen LogP contribution in [0, 0.1) is 11.3 Å². The van der Waals surface area contributed by atoms with Gasteiger partial charge in [0.2, 0.25) is 0 Å². The molecule has 0 spiro atoms. The summed E-state index contributed by atoms with van der Waals surface area (Å²) in [5.41, 5.74) is 2.44. The Morgan fingerprint density at radius 3 is 2.52 bits per heavy atom. The number of fused-ring (bicyclic) bond motifs is 1. The van der Waals surface area contributed by atoms with Gasteiger partial charge in [0.25, 0.3) is 5.91 Å². The highest BCUT2D eigenvalue weighted by atomic mass is 16.1. The first-order valence-electron chi connectivity index (χ1n) is 11.9. The molecule has 2 saturated carbocycles. The number of hydrogen-bond acceptors (Lipinski definition) is 6. The van der Waals surface area contributed by atoms with E-state index in [1.54, 1.807) is 23.1 Å². The quantitative estimate of drug-likeness (QED) is 0.587. The number of rotatable bonds is 5. The van der Waals surface area contributed by atoms with Crippen LogP contribution >= 0.6 is 0 Å². The predicted octanol–water partition coefficient (Wildman–Crippen LogP) is 4.74. The van der Waals surface area contributed by atoms with E-state index in [-0.39, 0.29) is 11.9 Å². The standard InChI is InChI=1S/C22H23N7O.C3H8/c23-10-14-8-15-12-26-29(21(15)25-11-14)20-9-19(27-17-6-7-17)18(13-24-20)22(30)28-16-4-2-1-3-5-16;1-3-2/h8-9,11-13,16-17H,1-7H2,(H,24,27)(H,28,30);3H2,1-2H3. The second-order valence-electron chi connectivity index (χ2n) is 8.83.